The molecule has 1 fully saturated rings. The van der Waals surface area contributed by atoms with Crippen LogP contribution in [0.5, 0.6) is 5.75 Å². The predicted octanol–water partition coefficient (Wildman–Crippen LogP) is 3.97. The van der Waals surface area contributed by atoms with Gasteiger partial charge < -0.3 is 9.64 Å². The monoisotopic (exact) mass is 382 g/mol. The fourth-order valence-corrected chi connectivity index (χ4v) is 4.10. The number of hydrogen-bond acceptors (Lipinski definition) is 3. The zero-order valence-corrected chi connectivity index (χ0v) is 15.0. The van der Waals surface area contributed by atoms with E-state index in [4.69, 9.17) is 10.00 Å². The van der Waals surface area contributed by atoms with Crippen LogP contribution in [-0.4, -0.2) is 31.1 Å². The second-order valence-corrected chi connectivity index (χ2v) is 7.59. The lowest BCUT2D eigenvalue weighted by Gasteiger charge is -2.27. The molecule has 2 heterocycles. The Morgan fingerprint density at radius 2 is 2.00 bits per heavy atom. The molecule has 0 saturated carbocycles. The Morgan fingerprint density at radius 1 is 1.17 bits per heavy atom. The van der Waals surface area contributed by atoms with E-state index in [-0.39, 0.29) is 0 Å². The molecule has 2 aromatic carbocycles. The first kappa shape index (κ1) is 15.7. The molecule has 0 aromatic heterocycles. The minimum absolute atomic E-state index is 0.493. The van der Waals surface area contributed by atoms with Crippen molar-refractivity contribution in [1.82, 2.24) is 4.90 Å². The molecule has 2 atom stereocenters. The molecule has 0 unspecified atom stereocenters. The number of nitrogens with zero attached hydrogens (tertiary/aromatic N) is 2. The van der Waals surface area contributed by atoms with Crippen LogP contribution < -0.4 is 4.74 Å². The Hall–Kier alpha value is -1.83. The number of ether oxygens (including phenoxy) is 1. The van der Waals surface area contributed by atoms with Crippen LogP contribution in [0, 0.1) is 17.2 Å². The summed E-state index contributed by atoms with van der Waals surface area (Å²) in [5, 5.41) is 9.16. The van der Waals surface area contributed by atoms with E-state index < -0.39 is 0 Å². The largest absolute Gasteiger partial charge is 0.493 e. The lowest BCUT2D eigenvalue weighted by atomic mass is 9.86. The standard InChI is InChI=1S/C20H19BrN2O/c21-17-4-1-14(2-5-17)7-8-23-11-16-13-24-20-6-3-15(10-22)9-18(20)19(16)12-23/h1-6,9,16,19H,7-8,11-13H2/t16-,19+/m1/s1. The van der Waals surface area contributed by atoms with Crippen molar-refractivity contribution in [1.29, 1.82) is 5.26 Å². The average molecular weight is 383 g/mol. The zero-order valence-electron chi connectivity index (χ0n) is 13.4. The van der Waals surface area contributed by atoms with Gasteiger partial charge in [-0.3, -0.25) is 0 Å². The van der Waals surface area contributed by atoms with E-state index in [0.717, 1.165) is 48.4 Å². The van der Waals surface area contributed by atoms with E-state index in [2.05, 4.69) is 51.2 Å². The molecule has 24 heavy (non-hydrogen) atoms. The summed E-state index contributed by atoms with van der Waals surface area (Å²) < 4.78 is 7.05. The molecular formula is C20H19BrN2O. The molecule has 2 aliphatic heterocycles. The molecule has 2 aliphatic rings. The summed E-state index contributed by atoms with van der Waals surface area (Å²) in [7, 11) is 0. The molecule has 0 radical (unpaired) electrons. The fourth-order valence-electron chi connectivity index (χ4n) is 3.84. The smallest absolute Gasteiger partial charge is 0.122 e. The first-order valence-corrected chi connectivity index (χ1v) is 9.16. The molecule has 0 amide bonds. The van der Waals surface area contributed by atoms with E-state index in [0.29, 0.717) is 11.8 Å². The SMILES string of the molecule is N#Cc1ccc2c(c1)[C@H]1CN(CCc3ccc(Br)cc3)C[C@@H]1CO2. The van der Waals surface area contributed by atoms with Gasteiger partial charge in [0, 0.05) is 41.5 Å². The minimum Gasteiger partial charge on any atom is -0.493 e. The Morgan fingerprint density at radius 3 is 2.79 bits per heavy atom. The van der Waals surface area contributed by atoms with E-state index in [1.165, 1.54) is 11.1 Å². The molecule has 4 rings (SSSR count). The first-order chi connectivity index (χ1) is 11.7. The summed E-state index contributed by atoms with van der Waals surface area (Å²) in [5.74, 6) is 1.99. The van der Waals surface area contributed by atoms with Crippen molar-refractivity contribution in [3.05, 3.63) is 63.6 Å². The van der Waals surface area contributed by atoms with Gasteiger partial charge in [-0.1, -0.05) is 28.1 Å². The van der Waals surface area contributed by atoms with Gasteiger partial charge in [0.15, 0.2) is 0 Å². The fraction of sp³-hybridized carbons (Fsp3) is 0.350. The topological polar surface area (TPSA) is 36.3 Å². The van der Waals surface area contributed by atoms with Crippen LogP contribution in [0.1, 0.15) is 22.6 Å². The van der Waals surface area contributed by atoms with Crippen LogP contribution in [0.3, 0.4) is 0 Å². The Bertz CT molecular complexity index is 781. The molecule has 0 aliphatic carbocycles. The summed E-state index contributed by atoms with van der Waals surface area (Å²) in [6, 6.07) is 16.6. The van der Waals surface area contributed by atoms with Gasteiger partial charge in [-0.05, 0) is 42.3 Å². The highest BCUT2D eigenvalue weighted by molar-refractivity contribution is 9.10. The van der Waals surface area contributed by atoms with Gasteiger partial charge >= 0.3 is 0 Å². The lowest BCUT2D eigenvalue weighted by Crippen LogP contribution is -2.25. The summed E-state index contributed by atoms with van der Waals surface area (Å²) >= 11 is 3.48. The Balaban J connectivity index is 1.45. The summed E-state index contributed by atoms with van der Waals surface area (Å²) in [5.41, 5.74) is 3.32. The van der Waals surface area contributed by atoms with Crippen LogP contribution in [0.15, 0.2) is 46.9 Å². The van der Waals surface area contributed by atoms with E-state index in [1.807, 2.05) is 18.2 Å². The number of nitriles is 1. The van der Waals surface area contributed by atoms with E-state index in [9.17, 15) is 0 Å². The quantitative estimate of drug-likeness (QED) is 0.805. The van der Waals surface area contributed by atoms with Gasteiger partial charge in [-0.15, -0.1) is 0 Å². The third-order valence-electron chi connectivity index (χ3n) is 5.14. The molecule has 4 heteroatoms. The number of fused-ring (bicyclic) bond motifs is 3. The number of likely N-dealkylation sites (tertiary alicyclic amines) is 1. The van der Waals surface area contributed by atoms with Crippen LogP contribution in [0.4, 0.5) is 0 Å². The van der Waals surface area contributed by atoms with Crippen LogP contribution in [0.25, 0.3) is 0 Å². The van der Waals surface area contributed by atoms with E-state index in [1.54, 1.807) is 0 Å². The molecule has 0 N–H and O–H groups in total. The molecule has 1 saturated heterocycles. The average Bonchev–Trinajstić information content (AvgIpc) is 3.04. The van der Waals surface area contributed by atoms with Gasteiger partial charge in [0.1, 0.15) is 5.75 Å². The highest BCUT2D eigenvalue weighted by Gasteiger charge is 2.38. The third-order valence-corrected chi connectivity index (χ3v) is 5.67. The maximum atomic E-state index is 9.16. The van der Waals surface area contributed by atoms with Crippen molar-refractivity contribution in [3.8, 4) is 11.8 Å². The highest BCUT2D eigenvalue weighted by Crippen LogP contribution is 2.41. The second kappa shape index (κ2) is 6.58. The molecule has 0 bridgehead atoms. The molecule has 122 valence electrons. The van der Waals surface area contributed by atoms with Gasteiger partial charge in [0.2, 0.25) is 0 Å². The molecule has 0 spiro atoms. The van der Waals surface area contributed by atoms with Crippen molar-refractivity contribution >= 4 is 15.9 Å². The van der Waals surface area contributed by atoms with Gasteiger partial charge in [0.25, 0.3) is 0 Å². The predicted molar refractivity (Wildman–Crippen MR) is 97.2 cm³/mol. The Labute approximate surface area is 151 Å². The molecule has 3 nitrogen and oxygen atoms in total. The second-order valence-electron chi connectivity index (χ2n) is 6.68. The zero-order chi connectivity index (χ0) is 16.5. The first-order valence-electron chi connectivity index (χ1n) is 8.36. The number of hydrogen-bond donors (Lipinski definition) is 0. The van der Waals surface area contributed by atoms with Gasteiger partial charge in [-0.2, -0.15) is 5.26 Å². The van der Waals surface area contributed by atoms with Crippen molar-refractivity contribution in [2.45, 2.75) is 12.3 Å². The van der Waals surface area contributed by atoms with Gasteiger partial charge in [0.05, 0.1) is 18.2 Å². The Kier molecular flexibility index (Phi) is 4.30. The number of rotatable bonds is 3. The summed E-state index contributed by atoms with van der Waals surface area (Å²) in [4.78, 5) is 2.54. The molecular weight excluding hydrogens is 364 g/mol. The number of benzene rings is 2. The van der Waals surface area contributed by atoms with Crippen molar-refractivity contribution in [3.63, 3.8) is 0 Å². The van der Waals surface area contributed by atoms with Crippen molar-refractivity contribution < 1.29 is 4.74 Å². The summed E-state index contributed by atoms with van der Waals surface area (Å²) in [6.07, 6.45) is 1.07. The lowest BCUT2D eigenvalue weighted by molar-refractivity contribution is 0.213. The van der Waals surface area contributed by atoms with Gasteiger partial charge in [-0.25, -0.2) is 0 Å². The van der Waals surface area contributed by atoms with Crippen LogP contribution in [-0.2, 0) is 6.42 Å². The summed E-state index contributed by atoms with van der Waals surface area (Å²) in [6.45, 7) is 4.00. The normalized spacial score (nSPS) is 22.3. The number of halogens is 1. The van der Waals surface area contributed by atoms with Crippen LogP contribution in [0.2, 0.25) is 0 Å². The van der Waals surface area contributed by atoms with Crippen molar-refractivity contribution in [2.75, 3.05) is 26.2 Å². The molecule has 2 aromatic rings. The maximum Gasteiger partial charge on any atom is 0.122 e. The maximum absolute atomic E-state index is 9.16. The minimum atomic E-state index is 0.493. The third kappa shape index (κ3) is 3.07. The van der Waals surface area contributed by atoms with Crippen LogP contribution >= 0.6 is 15.9 Å². The van der Waals surface area contributed by atoms with E-state index >= 15 is 0 Å². The van der Waals surface area contributed by atoms with Crippen molar-refractivity contribution in [2.24, 2.45) is 5.92 Å². The highest BCUT2D eigenvalue weighted by atomic mass is 79.9.